The summed E-state index contributed by atoms with van der Waals surface area (Å²) in [6.45, 7) is 8.56. The van der Waals surface area contributed by atoms with Gasteiger partial charge in [0.05, 0.1) is 13.2 Å². The predicted octanol–water partition coefficient (Wildman–Crippen LogP) is 0.505. The van der Waals surface area contributed by atoms with Crippen LogP contribution in [0.1, 0.15) is 0 Å². The molecule has 0 atom stereocenters. The maximum atomic E-state index is 5.17. The summed E-state index contributed by atoms with van der Waals surface area (Å²) in [5, 5.41) is 0. The minimum atomic E-state index is 0.883. The molecule has 0 radical (unpaired) electrons. The molecule has 0 amide bonds. The third-order valence-corrected chi connectivity index (χ3v) is 1.49. The normalized spacial score (nSPS) is 21.8. The van der Waals surface area contributed by atoms with E-state index in [2.05, 4.69) is 11.5 Å². The zero-order valence-electron chi connectivity index (χ0n) is 5.68. The Morgan fingerprint density at radius 1 is 1.44 bits per heavy atom. The van der Waals surface area contributed by atoms with Crippen LogP contribution in [0.25, 0.3) is 0 Å². The van der Waals surface area contributed by atoms with Crippen molar-refractivity contribution in [2.75, 3.05) is 32.8 Å². The highest BCUT2D eigenvalue weighted by atomic mass is 16.5. The van der Waals surface area contributed by atoms with Crippen LogP contribution >= 0.6 is 0 Å². The fourth-order valence-corrected chi connectivity index (χ4v) is 0.966. The van der Waals surface area contributed by atoms with E-state index in [0.29, 0.717) is 0 Å². The molecule has 0 aliphatic carbocycles. The average Bonchev–Trinajstić information content (AvgIpc) is 1.91. The van der Waals surface area contributed by atoms with Crippen molar-refractivity contribution in [1.29, 1.82) is 0 Å². The van der Waals surface area contributed by atoms with Gasteiger partial charge in [0.2, 0.25) is 0 Å². The van der Waals surface area contributed by atoms with Crippen molar-refractivity contribution in [2.24, 2.45) is 0 Å². The van der Waals surface area contributed by atoms with Crippen molar-refractivity contribution in [3.63, 3.8) is 0 Å². The molecule has 0 N–H and O–H groups in total. The van der Waals surface area contributed by atoms with Gasteiger partial charge < -0.3 is 4.74 Å². The van der Waals surface area contributed by atoms with E-state index in [-0.39, 0.29) is 0 Å². The monoisotopic (exact) mass is 128 g/mol. The molecule has 1 aliphatic rings. The van der Waals surface area contributed by atoms with E-state index in [0.717, 1.165) is 32.8 Å². The Morgan fingerprint density at radius 2 is 2.11 bits per heavy atom. The third-order valence-electron chi connectivity index (χ3n) is 1.49. The van der Waals surface area contributed by atoms with Crippen LogP contribution in [0.2, 0.25) is 0 Å². The molecule has 0 aromatic carbocycles. The Morgan fingerprint density at radius 3 is 2.67 bits per heavy atom. The van der Waals surface area contributed by atoms with E-state index in [4.69, 9.17) is 4.74 Å². The number of rotatable bonds is 2. The van der Waals surface area contributed by atoms with Crippen LogP contribution in [0, 0.1) is 0 Å². The molecule has 1 aliphatic heterocycles. The van der Waals surface area contributed by atoms with Crippen molar-refractivity contribution < 1.29 is 4.74 Å². The van der Waals surface area contributed by atoms with Crippen LogP contribution in [-0.2, 0) is 4.74 Å². The molecule has 2 heteroatoms. The quantitative estimate of drug-likeness (QED) is 0.397. The number of hydrogen-bond donors (Lipinski definition) is 0. The predicted molar refractivity (Wildman–Crippen MR) is 37.5 cm³/mol. The van der Waals surface area contributed by atoms with Gasteiger partial charge in [0.25, 0.3) is 0 Å². The van der Waals surface area contributed by atoms with E-state index in [9.17, 15) is 0 Å². The van der Waals surface area contributed by atoms with Gasteiger partial charge in [0.15, 0.2) is 0 Å². The lowest BCUT2D eigenvalue weighted by atomic mass is 10.5. The minimum Gasteiger partial charge on any atom is -0.379 e. The van der Waals surface area contributed by atoms with Crippen LogP contribution in [0.5, 0.6) is 0 Å². The summed E-state index contributed by atoms with van der Waals surface area (Å²) in [4.78, 5) is 2.33. The summed E-state index contributed by atoms with van der Waals surface area (Å²) in [7, 11) is 0. The highest BCUT2D eigenvalue weighted by molar-refractivity contribution is 4.74. The molecule has 0 aromatic rings. The standard InChI is InChI=1S/C7H13NO/c1-2-3-8-4-6-9-7-5-8/h2H,1,3-7H2/i6+1. The first kappa shape index (κ1) is 6.78. The topological polar surface area (TPSA) is 12.5 Å². The molecular formula is C7H13NO. The Bertz CT molecular complexity index is 86.9. The van der Waals surface area contributed by atoms with Gasteiger partial charge in [-0.3, -0.25) is 4.90 Å². The van der Waals surface area contributed by atoms with Crippen molar-refractivity contribution in [3.05, 3.63) is 12.7 Å². The SMILES string of the molecule is C=CCN1CCO[13CH2]C1. The molecule has 2 nitrogen and oxygen atoms in total. The van der Waals surface area contributed by atoms with Crippen LogP contribution in [-0.4, -0.2) is 37.7 Å². The summed E-state index contributed by atoms with van der Waals surface area (Å²) < 4.78 is 5.17. The van der Waals surface area contributed by atoms with Gasteiger partial charge in [-0.25, -0.2) is 0 Å². The van der Waals surface area contributed by atoms with Gasteiger partial charge >= 0.3 is 0 Å². The second kappa shape index (κ2) is 3.64. The highest BCUT2D eigenvalue weighted by Crippen LogP contribution is 1.94. The first-order chi connectivity index (χ1) is 4.43. The van der Waals surface area contributed by atoms with Crippen LogP contribution in [0.3, 0.4) is 0 Å². The van der Waals surface area contributed by atoms with E-state index in [1.54, 1.807) is 0 Å². The second-order valence-corrected chi connectivity index (χ2v) is 2.20. The van der Waals surface area contributed by atoms with Crippen LogP contribution < -0.4 is 0 Å². The highest BCUT2D eigenvalue weighted by Gasteiger charge is 2.06. The summed E-state index contributed by atoms with van der Waals surface area (Å²) in [5.74, 6) is 0. The Labute approximate surface area is 56.1 Å². The number of morpholine rings is 1. The first-order valence-corrected chi connectivity index (χ1v) is 3.34. The Kier molecular flexibility index (Phi) is 2.74. The number of ether oxygens (including phenoxy) is 1. The zero-order chi connectivity index (χ0) is 6.53. The molecule has 1 saturated heterocycles. The fraction of sp³-hybridized carbons (Fsp3) is 0.714. The second-order valence-electron chi connectivity index (χ2n) is 2.20. The first-order valence-electron chi connectivity index (χ1n) is 3.34. The summed E-state index contributed by atoms with van der Waals surface area (Å²) >= 11 is 0. The molecule has 9 heavy (non-hydrogen) atoms. The van der Waals surface area contributed by atoms with Gasteiger partial charge in [-0.2, -0.15) is 0 Å². The summed E-state index contributed by atoms with van der Waals surface area (Å²) in [6.07, 6.45) is 1.94. The lowest BCUT2D eigenvalue weighted by molar-refractivity contribution is 0.0434. The van der Waals surface area contributed by atoms with E-state index in [1.807, 2.05) is 6.08 Å². The lowest BCUT2D eigenvalue weighted by Crippen LogP contribution is -2.36. The molecule has 0 aromatic heterocycles. The molecule has 0 spiro atoms. The van der Waals surface area contributed by atoms with Crippen molar-refractivity contribution in [1.82, 2.24) is 4.90 Å². The van der Waals surface area contributed by atoms with E-state index in [1.165, 1.54) is 0 Å². The van der Waals surface area contributed by atoms with Gasteiger partial charge in [-0.1, -0.05) is 6.08 Å². The average molecular weight is 128 g/mol. The van der Waals surface area contributed by atoms with Gasteiger partial charge in [0, 0.05) is 19.6 Å². The van der Waals surface area contributed by atoms with Crippen LogP contribution in [0.4, 0.5) is 0 Å². The van der Waals surface area contributed by atoms with Crippen molar-refractivity contribution in [2.45, 2.75) is 0 Å². The summed E-state index contributed by atoms with van der Waals surface area (Å²) in [6, 6.07) is 0. The fourth-order valence-electron chi connectivity index (χ4n) is 0.966. The number of nitrogens with zero attached hydrogens (tertiary/aromatic N) is 1. The summed E-state index contributed by atoms with van der Waals surface area (Å²) in [5.41, 5.74) is 0. The molecule has 1 rings (SSSR count). The largest absolute Gasteiger partial charge is 0.379 e. The van der Waals surface area contributed by atoms with Gasteiger partial charge in [0.1, 0.15) is 0 Å². The third kappa shape index (κ3) is 2.16. The van der Waals surface area contributed by atoms with E-state index < -0.39 is 0 Å². The van der Waals surface area contributed by atoms with Gasteiger partial charge in [-0.05, 0) is 0 Å². The van der Waals surface area contributed by atoms with Crippen LogP contribution in [0.15, 0.2) is 12.7 Å². The smallest absolute Gasteiger partial charge is 0.0594 e. The maximum absolute atomic E-state index is 5.17. The molecular weight excluding hydrogens is 115 g/mol. The number of hydrogen-bond acceptors (Lipinski definition) is 2. The lowest BCUT2D eigenvalue weighted by Gasteiger charge is -2.24. The van der Waals surface area contributed by atoms with Gasteiger partial charge in [-0.15, -0.1) is 6.58 Å². The van der Waals surface area contributed by atoms with E-state index >= 15 is 0 Å². The zero-order valence-corrected chi connectivity index (χ0v) is 5.68. The molecule has 0 unspecified atom stereocenters. The molecule has 0 bridgehead atoms. The molecule has 1 fully saturated rings. The molecule has 52 valence electrons. The van der Waals surface area contributed by atoms with Crippen molar-refractivity contribution in [3.8, 4) is 0 Å². The maximum Gasteiger partial charge on any atom is 0.0594 e. The molecule has 0 saturated carbocycles. The Balaban J connectivity index is 2.15. The molecule has 1 heterocycles. The minimum absolute atomic E-state index is 0.883. The Hall–Kier alpha value is -0.340. The van der Waals surface area contributed by atoms with Crippen molar-refractivity contribution >= 4 is 0 Å².